The second-order valence-electron chi connectivity index (χ2n) is 11.2. The van der Waals surface area contributed by atoms with Crippen molar-refractivity contribution in [3.8, 4) is 16.9 Å². The zero-order valence-electron chi connectivity index (χ0n) is 23.4. The SMILES string of the molecule is CCCC[C@H](C(N)=O)[C@@H](CC1CC1)C(=O)N[C@H]1CCCCN(Cc2cccc(-c3ccc(OC)cc3)c2)C1=O. The maximum atomic E-state index is 13.6. The molecule has 7 nitrogen and oxygen atoms in total. The van der Waals surface area contributed by atoms with E-state index in [2.05, 4.69) is 24.4 Å². The number of benzene rings is 2. The molecule has 3 amide bonds. The first-order valence-corrected chi connectivity index (χ1v) is 14.5. The van der Waals surface area contributed by atoms with Gasteiger partial charge in [-0.2, -0.15) is 0 Å². The predicted octanol–water partition coefficient (Wildman–Crippen LogP) is 5.07. The third kappa shape index (κ3) is 7.84. The molecule has 0 radical (unpaired) electrons. The van der Waals surface area contributed by atoms with Gasteiger partial charge < -0.3 is 20.7 Å². The van der Waals surface area contributed by atoms with E-state index in [1.165, 1.54) is 0 Å². The van der Waals surface area contributed by atoms with Crippen molar-refractivity contribution in [2.75, 3.05) is 13.7 Å². The summed E-state index contributed by atoms with van der Waals surface area (Å²) in [7, 11) is 1.65. The molecule has 0 aromatic heterocycles. The lowest BCUT2D eigenvalue weighted by molar-refractivity contribution is -0.139. The number of methoxy groups -OCH3 is 1. The molecule has 2 aromatic rings. The second-order valence-corrected chi connectivity index (χ2v) is 11.2. The molecule has 2 fully saturated rings. The van der Waals surface area contributed by atoms with Crippen molar-refractivity contribution in [2.45, 2.75) is 77.3 Å². The summed E-state index contributed by atoms with van der Waals surface area (Å²) in [6.07, 6.45) is 7.63. The Kier molecular flexibility index (Phi) is 10.0. The number of nitrogens with zero attached hydrogens (tertiary/aromatic N) is 1. The molecule has 0 unspecified atom stereocenters. The summed E-state index contributed by atoms with van der Waals surface area (Å²) in [6, 6.07) is 15.6. The van der Waals surface area contributed by atoms with Crippen LogP contribution in [0.3, 0.4) is 0 Å². The van der Waals surface area contributed by atoms with Crippen LogP contribution < -0.4 is 15.8 Å². The fourth-order valence-corrected chi connectivity index (χ4v) is 5.66. The molecule has 0 bridgehead atoms. The van der Waals surface area contributed by atoms with Crippen LogP contribution in [0.2, 0.25) is 0 Å². The predicted molar refractivity (Wildman–Crippen MR) is 153 cm³/mol. The van der Waals surface area contributed by atoms with Gasteiger partial charge in [0.1, 0.15) is 11.8 Å². The highest BCUT2D eigenvalue weighted by molar-refractivity contribution is 5.91. The number of carbonyl (C=O) groups excluding carboxylic acids is 3. The molecule has 39 heavy (non-hydrogen) atoms. The van der Waals surface area contributed by atoms with Crippen LogP contribution in [0.5, 0.6) is 5.75 Å². The molecular weight excluding hydrogens is 490 g/mol. The van der Waals surface area contributed by atoms with Crippen LogP contribution in [-0.2, 0) is 20.9 Å². The molecule has 0 spiro atoms. The van der Waals surface area contributed by atoms with Gasteiger partial charge in [-0.25, -0.2) is 0 Å². The van der Waals surface area contributed by atoms with E-state index < -0.39 is 23.8 Å². The average Bonchev–Trinajstić information content (AvgIpc) is 3.78. The summed E-state index contributed by atoms with van der Waals surface area (Å²) in [4.78, 5) is 41.4. The van der Waals surface area contributed by atoms with E-state index >= 15 is 0 Å². The molecular formula is C32H43N3O4. The highest BCUT2D eigenvalue weighted by Crippen LogP contribution is 2.38. The standard InChI is InChI=1S/C32H43N3O4/c1-3-4-10-27(30(33)36)28(20-22-12-13-22)31(37)34-29-11-5-6-18-35(32(29)38)21-23-8-7-9-25(19-23)24-14-16-26(39-2)17-15-24/h7-9,14-17,19,22,27-29H,3-6,10-13,18,20-21H2,1-2H3,(H2,33,36)(H,34,37)/t27-,28+,29-/m0/s1. The smallest absolute Gasteiger partial charge is 0.245 e. The van der Waals surface area contributed by atoms with Gasteiger partial charge in [0.05, 0.1) is 7.11 Å². The normalized spacial score (nSPS) is 19.2. The quantitative estimate of drug-likeness (QED) is 0.375. The van der Waals surface area contributed by atoms with Gasteiger partial charge in [-0.3, -0.25) is 14.4 Å². The number of ether oxygens (including phenoxy) is 1. The van der Waals surface area contributed by atoms with Crippen LogP contribution in [0.15, 0.2) is 48.5 Å². The molecule has 4 rings (SSSR count). The molecule has 1 heterocycles. The van der Waals surface area contributed by atoms with Crippen LogP contribution >= 0.6 is 0 Å². The maximum Gasteiger partial charge on any atom is 0.245 e. The van der Waals surface area contributed by atoms with E-state index in [1.807, 2.05) is 41.3 Å². The Morgan fingerprint density at radius 3 is 2.49 bits per heavy atom. The van der Waals surface area contributed by atoms with E-state index in [-0.39, 0.29) is 11.8 Å². The van der Waals surface area contributed by atoms with Gasteiger partial charge in [0.2, 0.25) is 17.7 Å². The van der Waals surface area contributed by atoms with Crippen molar-refractivity contribution in [3.63, 3.8) is 0 Å². The summed E-state index contributed by atoms with van der Waals surface area (Å²) < 4.78 is 5.27. The van der Waals surface area contributed by atoms with Gasteiger partial charge in [0.15, 0.2) is 0 Å². The Balaban J connectivity index is 1.45. The zero-order chi connectivity index (χ0) is 27.8. The monoisotopic (exact) mass is 533 g/mol. The molecule has 1 saturated heterocycles. The van der Waals surface area contributed by atoms with E-state index in [9.17, 15) is 14.4 Å². The van der Waals surface area contributed by atoms with Crippen molar-refractivity contribution >= 4 is 17.7 Å². The van der Waals surface area contributed by atoms with Crippen LogP contribution in [0.4, 0.5) is 0 Å². The van der Waals surface area contributed by atoms with Crippen LogP contribution in [0.25, 0.3) is 11.1 Å². The zero-order valence-corrected chi connectivity index (χ0v) is 23.4. The van der Waals surface area contributed by atoms with E-state index in [0.717, 1.165) is 61.0 Å². The Morgan fingerprint density at radius 2 is 1.82 bits per heavy atom. The van der Waals surface area contributed by atoms with Crippen molar-refractivity contribution in [3.05, 3.63) is 54.1 Å². The lowest BCUT2D eigenvalue weighted by atomic mass is 9.82. The molecule has 2 aromatic carbocycles. The molecule has 3 N–H and O–H groups in total. The number of nitrogens with two attached hydrogens (primary N) is 1. The van der Waals surface area contributed by atoms with Gasteiger partial charge >= 0.3 is 0 Å². The minimum atomic E-state index is -0.578. The number of likely N-dealkylation sites (tertiary alicyclic amines) is 1. The fourth-order valence-electron chi connectivity index (χ4n) is 5.66. The van der Waals surface area contributed by atoms with Gasteiger partial charge in [0, 0.05) is 24.9 Å². The molecule has 2 aliphatic rings. The lowest BCUT2D eigenvalue weighted by Crippen LogP contribution is -2.50. The average molecular weight is 534 g/mol. The number of amides is 3. The third-order valence-electron chi connectivity index (χ3n) is 8.16. The number of nitrogens with one attached hydrogen (secondary N) is 1. The highest BCUT2D eigenvalue weighted by atomic mass is 16.5. The summed E-state index contributed by atoms with van der Waals surface area (Å²) in [6.45, 7) is 3.21. The van der Waals surface area contributed by atoms with Gasteiger partial charge in [0.25, 0.3) is 0 Å². The number of hydrogen-bond acceptors (Lipinski definition) is 4. The molecule has 1 aliphatic carbocycles. The molecule has 3 atom stereocenters. The van der Waals surface area contributed by atoms with Crippen molar-refractivity contribution < 1.29 is 19.1 Å². The van der Waals surface area contributed by atoms with Gasteiger partial charge in [-0.15, -0.1) is 0 Å². The summed E-state index contributed by atoms with van der Waals surface area (Å²) in [5, 5.41) is 3.07. The lowest BCUT2D eigenvalue weighted by Gasteiger charge is -2.28. The van der Waals surface area contributed by atoms with Crippen LogP contribution in [-0.4, -0.2) is 42.3 Å². The number of hydrogen-bond donors (Lipinski definition) is 2. The van der Waals surface area contributed by atoms with E-state index in [4.69, 9.17) is 10.5 Å². The molecule has 1 saturated carbocycles. The number of primary amides is 1. The van der Waals surface area contributed by atoms with Gasteiger partial charge in [-0.1, -0.05) is 62.9 Å². The Labute approximate surface area is 232 Å². The summed E-state index contributed by atoms with van der Waals surface area (Å²) in [5.41, 5.74) is 8.98. The fraction of sp³-hybridized carbons (Fsp3) is 0.531. The first-order chi connectivity index (χ1) is 18.9. The molecule has 7 heteroatoms. The first kappa shape index (κ1) is 28.7. The van der Waals surface area contributed by atoms with E-state index in [0.29, 0.717) is 38.3 Å². The number of rotatable bonds is 13. The van der Waals surface area contributed by atoms with Crippen LogP contribution in [0.1, 0.15) is 70.3 Å². The Bertz CT molecular complexity index is 1130. The molecule has 1 aliphatic heterocycles. The first-order valence-electron chi connectivity index (χ1n) is 14.5. The molecule has 210 valence electrons. The second kappa shape index (κ2) is 13.6. The Morgan fingerprint density at radius 1 is 1.05 bits per heavy atom. The summed E-state index contributed by atoms with van der Waals surface area (Å²) >= 11 is 0. The van der Waals surface area contributed by atoms with E-state index in [1.54, 1.807) is 7.11 Å². The highest BCUT2D eigenvalue weighted by Gasteiger charge is 2.39. The van der Waals surface area contributed by atoms with Gasteiger partial charge in [-0.05, 0) is 72.9 Å². The van der Waals surface area contributed by atoms with Crippen molar-refractivity contribution in [1.29, 1.82) is 0 Å². The van der Waals surface area contributed by atoms with Crippen molar-refractivity contribution in [1.82, 2.24) is 10.2 Å². The minimum Gasteiger partial charge on any atom is -0.497 e. The number of carbonyl (C=O) groups is 3. The number of unbranched alkanes of at least 4 members (excludes halogenated alkanes) is 1. The Hall–Kier alpha value is -3.35. The maximum absolute atomic E-state index is 13.6. The largest absolute Gasteiger partial charge is 0.497 e. The van der Waals surface area contributed by atoms with Crippen LogP contribution in [0, 0.1) is 17.8 Å². The summed E-state index contributed by atoms with van der Waals surface area (Å²) in [5.74, 6) is -0.313. The third-order valence-corrected chi connectivity index (χ3v) is 8.16. The minimum absolute atomic E-state index is 0.0509. The topological polar surface area (TPSA) is 102 Å². The van der Waals surface area contributed by atoms with Crippen molar-refractivity contribution in [2.24, 2.45) is 23.5 Å².